The number of aromatic nitrogens is 2. The molecule has 0 radical (unpaired) electrons. The summed E-state index contributed by atoms with van der Waals surface area (Å²) in [5.41, 5.74) is -1.36. The highest BCUT2D eigenvalue weighted by Crippen LogP contribution is 2.42. The van der Waals surface area contributed by atoms with Crippen molar-refractivity contribution in [2.45, 2.75) is 10.9 Å². The summed E-state index contributed by atoms with van der Waals surface area (Å²) in [5, 5.41) is 3.17. The lowest BCUT2D eigenvalue weighted by molar-refractivity contribution is 0.557. The second-order valence-electron chi connectivity index (χ2n) is 5.38. The minimum Gasteiger partial charge on any atom is -0.316 e. The van der Waals surface area contributed by atoms with E-state index in [1.54, 1.807) is 0 Å². The first-order valence-corrected chi connectivity index (χ1v) is 7.81. The molecule has 20 heavy (non-hydrogen) atoms. The first-order valence-electron chi connectivity index (χ1n) is 6.32. The molecule has 9 heteroatoms. The highest BCUT2D eigenvalue weighted by molar-refractivity contribution is 7.89. The molecule has 1 aromatic rings. The smallest absolute Gasteiger partial charge is 0.316 e. The quantitative estimate of drug-likeness (QED) is 0.647. The van der Waals surface area contributed by atoms with Crippen molar-refractivity contribution in [3.63, 3.8) is 0 Å². The summed E-state index contributed by atoms with van der Waals surface area (Å²) in [7, 11) is -1.23. The molecule has 2 N–H and O–H groups in total. The molecule has 1 aliphatic carbocycles. The summed E-state index contributed by atoms with van der Waals surface area (Å²) < 4.78 is 29.0. The number of sulfonamides is 1. The highest BCUT2D eigenvalue weighted by atomic mass is 32.2. The van der Waals surface area contributed by atoms with E-state index in [-0.39, 0.29) is 10.9 Å². The Hall–Kier alpha value is -1.45. The van der Waals surface area contributed by atoms with Gasteiger partial charge in [-0.15, -0.1) is 0 Å². The van der Waals surface area contributed by atoms with Crippen LogP contribution in [0.25, 0.3) is 0 Å². The Labute approximate surface area is 115 Å². The summed E-state index contributed by atoms with van der Waals surface area (Å²) in [6.07, 6.45) is 1.07. The van der Waals surface area contributed by atoms with Crippen LogP contribution in [0.15, 0.2) is 20.7 Å². The predicted octanol–water partition coefficient (Wildman–Crippen LogP) is -2.42. The van der Waals surface area contributed by atoms with Gasteiger partial charge in [-0.1, -0.05) is 0 Å². The summed E-state index contributed by atoms with van der Waals surface area (Å²) in [6, 6.07) is -0.108. The fraction of sp³-hybridized carbons (Fsp3) is 0.636. The molecule has 1 aliphatic heterocycles. The number of fused-ring (bicyclic) bond motifs is 1. The van der Waals surface area contributed by atoms with E-state index in [2.05, 4.69) is 10.0 Å². The van der Waals surface area contributed by atoms with Crippen LogP contribution in [0.5, 0.6) is 0 Å². The molecule has 3 rings (SSSR count). The number of piperidine rings is 1. The fourth-order valence-electron chi connectivity index (χ4n) is 2.80. The second-order valence-corrected chi connectivity index (χ2v) is 7.07. The predicted molar refractivity (Wildman–Crippen MR) is 70.9 cm³/mol. The van der Waals surface area contributed by atoms with Crippen LogP contribution >= 0.6 is 0 Å². The van der Waals surface area contributed by atoms with Crippen LogP contribution in [0.3, 0.4) is 0 Å². The van der Waals surface area contributed by atoms with Crippen molar-refractivity contribution in [3.05, 3.63) is 27.0 Å². The van der Waals surface area contributed by atoms with E-state index in [9.17, 15) is 18.0 Å². The van der Waals surface area contributed by atoms with Crippen LogP contribution < -0.4 is 21.3 Å². The standard InChI is InChI=1S/C11H16N4O4S/c1-14-5-8(10(16)15(2)11(14)17)20(18,19)13-9-6-3-12-4-7(6)9/h5-7,9,12-13H,3-4H2,1-2H3. The van der Waals surface area contributed by atoms with Crippen LogP contribution in [0.1, 0.15) is 0 Å². The Bertz CT molecular complexity index is 769. The molecular weight excluding hydrogens is 284 g/mol. The van der Waals surface area contributed by atoms with E-state index >= 15 is 0 Å². The maximum Gasteiger partial charge on any atom is 0.330 e. The first-order chi connectivity index (χ1) is 9.33. The van der Waals surface area contributed by atoms with Gasteiger partial charge < -0.3 is 9.88 Å². The molecule has 0 spiro atoms. The molecular formula is C11H16N4O4S. The third-order valence-corrected chi connectivity index (χ3v) is 5.53. The van der Waals surface area contributed by atoms with E-state index in [4.69, 9.17) is 0 Å². The number of nitrogens with one attached hydrogen (secondary N) is 2. The molecule has 1 saturated heterocycles. The topological polar surface area (TPSA) is 102 Å². The van der Waals surface area contributed by atoms with Crippen molar-refractivity contribution in [1.82, 2.24) is 19.2 Å². The lowest BCUT2D eigenvalue weighted by Crippen LogP contribution is -2.42. The minimum atomic E-state index is -3.90. The number of hydrogen-bond donors (Lipinski definition) is 2. The Morgan fingerprint density at radius 3 is 2.45 bits per heavy atom. The van der Waals surface area contributed by atoms with E-state index in [0.717, 1.165) is 28.4 Å². The van der Waals surface area contributed by atoms with Gasteiger partial charge >= 0.3 is 5.69 Å². The van der Waals surface area contributed by atoms with Gasteiger partial charge in [-0.2, -0.15) is 0 Å². The average molecular weight is 300 g/mol. The molecule has 2 fully saturated rings. The van der Waals surface area contributed by atoms with Crippen molar-refractivity contribution in [2.75, 3.05) is 13.1 Å². The molecule has 1 saturated carbocycles. The summed E-state index contributed by atoms with van der Waals surface area (Å²) in [4.78, 5) is 23.1. The Morgan fingerprint density at radius 2 is 1.85 bits per heavy atom. The molecule has 2 unspecified atom stereocenters. The van der Waals surface area contributed by atoms with E-state index in [1.165, 1.54) is 14.1 Å². The van der Waals surface area contributed by atoms with Crippen LogP contribution in [0.4, 0.5) is 0 Å². The van der Waals surface area contributed by atoms with Gasteiger partial charge in [0.2, 0.25) is 10.0 Å². The van der Waals surface area contributed by atoms with Crippen LogP contribution in [0.2, 0.25) is 0 Å². The minimum absolute atomic E-state index is 0.108. The van der Waals surface area contributed by atoms with E-state index < -0.39 is 21.3 Å². The Balaban J connectivity index is 1.96. The lowest BCUT2D eigenvalue weighted by atomic mass is 10.4. The first kappa shape index (κ1) is 13.5. The molecule has 8 nitrogen and oxygen atoms in total. The lowest BCUT2D eigenvalue weighted by Gasteiger charge is -2.10. The zero-order chi connectivity index (χ0) is 14.7. The summed E-state index contributed by atoms with van der Waals surface area (Å²) in [6.45, 7) is 1.59. The van der Waals surface area contributed by atoms with Gasteiger partial charge in [0.15, 0.2) is 4.90 Å². The summed E-state index contributed by atoms with van der Waals surface area (Å²) >= 11 is 0. The number of rotatable bonds is 3. The molecule has 2 heterocycles. The van der Waals surface area contributed by atoms with Gasteiger partial charge in [0.25, 0.3) is 5.56 Å². The fourth-order valence-corrected chi connectivity index (χ4v) is 4.29. The number of aryl methyl sites for hydroxylation is 1. The molecule has 0 amide bonds. The van der Waals surface area contributed by atoms with Gasteiger partial charge in [0.1, 0.15) is 0 Å². The third kappa shape index (κ3) is 1.93. The highest BCUT2D eigenvalue weighted by Gasteiger charge is 2.54. The maximum atomic E-state index is 12.3. The monoisotopic (exact) mass is 300 g/mol. The van der Waals surface area contributed by atoms with Gasteiger partial charge in [0.05, 0.1) is 0 Å². The van der Waals surface area contributed by atoms with Gasteiger partial charge in [-0.25, -0.2) is 17.9 Å². The van der Waals surface area contributed by atoms with Crippen molar-refractivity contribution in [2.24, 2.45) is 25.9 Å². The normalized spacial score (nSPS) is 28.4. The van der Waals surface area contributed by atoms with E-state index in [1.807, 2.05) is 0 Å². The zero-order valence-electron chi connectivity index (χ0n) is 11.2. The van der Waals surface area contributed by atoms with E-state index in [0.29, 0.717) is 11.8 Å². The van der Waals surface area contributed by atoms with Gasteiger partial charge in [-0.3, -0.25) is 9.36 Å². The average Bonchev–Trinajstić information content (AvgIpc) is 2.84. The zero-order valence-corrected chi connectivity index (χ0v) is 12.0. The molecule has 110 valence electrons. The largest absolute Gasteiger partial charge is 0.330 e. The molecule has 0 bridgehead atoms. The SMILES string of the molecule is Cn1cc(S(=O)(=O)NC2C3CNCC32)c(=O)n(C)c1=O. The molecule has 1 aromatic heterocycles. The third-order valence-electron chi connectivity index (χ3n) is 4.09. The van der Waals surface area contributed by atoms with Crippen molar-refractivity contribution < 1.29 is 8.42 Å². The second kappa shape index (κ2) is 4.27. The molecule has 0 aromatic carbocycles. The molecule has 2 aliphatic rings. The Morgan fingerprint density at radius 1 is 1.25 bits per heavy atom. The Kier molecular flexibility index (Phi) is 2.89. The van der Waals surface area contributed by atoms with Crippen molar-refractivity contribution in [1.29, 1.82) is 0 Å². The maximum absolute atomic E-state index is 12.3. The van der Waals surface area contributed by atoms with Gasteiger partial charge in [0, 0.05) is 26.3 Å². The van der Waals surface area contributed by atoms with Crippen LogP contribution in [-0.4, -0.2) is 36.7 Å². The number of nitrogens with zero attached hydrogens (tertiary/aromatic N) is 2. The van der Waals surface area contributed by atoms with Gasteiger partial charge in [-0.05, 0) is 24.9 Å². The summed E-state index contributed by atoms with van der Waals surface area (Å²) in [5.74, 6) is 0.613. The van der Waals surface area contributed by atoms with Crippen LogP contribution in [-0.2, 0) is 24.1 Å². The molecule has 2 atom stereocenters. The number of hydrogen-bond acceptors (Lipinski definition) is 5. The van der Waals surface area contributed by atoms with Crippen molar-refractivity contribution in [3.8, 4) is 0 Å². The van der Waals surface area contributed by atoms with Crippen LogP contribution in [0, 0.1) is 11.8 Å². The van der Waals surface area contributed by atoms with Crippen molar-refractivity contribution >= 4 is 10.0 Å².